The van der Waals surface area contributed by atoms with E-state index < -0.39 is 5.97 Å². The molecule has 1 N–H and O–H groups in total. The van der Waals surface area contributed by atoms with Gasteiger partial charge in [-0.3, -0.25) is 4.79 Å². The van der Waals surface area contributed by atoms with Crippen LogP contribution in [0.4, 0.5) is 0 Å². The molecule has 0 amide bonds. The molecule has 0 saturated heterocycles. The Morgan fingerprint density at radius 1 is 1.67 bits per heavy atom. The van der Waals surface area contributed by atoms with Gasteiger partial charge in [0, 0.05) is 34.6 Å². The Morgan fingerprint density at radius 2 is 1.67 bits per heavy atom. The SMILES string of the molecule is CC(=O)O.[Hg].[TeH2]. The average molecular weight is 390 g/mol. The van der Waals surface area contributed by atoms with Gasteiger partial charge in [-0.25, -0.2) is 0 Å². The van der Waals surface area contributed by atoms with Gasteiger partial charge in [-0.2, -0.15) is 0 Å². The van der Waals surface area contributed by atoms with Crippen LogP contribution in [0.3, 0.4) is 0 Å². The van der Waals surface area contributed by atoms with Crippen LogP contribution < -0.4 is 0 Å². The van der Waals surface area contributed by atoms with Crippen LogP contribution in [0.5, 0.6) is 0 Å². The Hall–Kier alpha value is 1.19. The molecule has 0 aromatic heterocycles. The minimum atomic E-state index is -0.833. The molecule has 0 rings (SSSR count). The van der Waals surface area contributed by atoms with Crippen LogP contribution in [0.2, 0.25) is 0 Å². The van der Waals surface area contributed by atoms with E-state index >= 15 is 0 Å². The van der Waals surface area contributed by atoms with Crippen molar-refractivity contribution in [3.05, 3.63) is 0 Å². The summed E-state index contributed by atoms with van der Waals surface area (Å²) in [4.78, 5) is 9.00. The number of hydrogen-bond donors (Lipinski definition) is 1. The molecule has 4 heteroatoms. The molecule has 34 valence electrons. The van der Waals surface area contributed by atoms with Crippen molar-refractivity contribution in [2.24, 2.45) is 0 Å². The van der Waals surface area contributed by atoms with Crippen LogP contribution in [0, 0.1) is 0 Å². The molecule has 0 aliphatic carbocycles. The minimum absolute atomic E-state index is 0. The summed E-state index contributed by atoms with van der Waals surface area (Å²) in [5.74, 6) is -0.833. The van der Waals surface area contributed by atoms with E-state index in [2.05, 4.69) is 0 Å². The number of carboxylic acid groups (broad SMARTS) is 1. The molecular formula is C2H6HgO2Te. The first-order valence-corrected chi connectivity index (χ1v) is 0.928. The summed E-state index contributed by atoms with van der Waals surface area (Å²) in [6.45, 7) is 1.08. The second-order valence-corrected chi connectivity index (χ2v) is 0.519. The van der Waals surface area contributed by atoms with Crippen molar-refractivity contribution in [2.75, 3.05) is 0 Å². The standard InChI is InChI=1S/C2H4O2.Hg.H2Te/c1-2(3)4;;/h1H3,(H,3,4);;1H2. The topological polar surface area (TPSA) is 37.3 Å². The molecule has 0 heterocycles. The van der Waals surface area contributed by atoms with E-state index in [4.69, 9.17) is 9.90 Å². The molecule has 0 unspecified atom stereocenters. The quantitative estimate of drug-likeness (QED) is 0.549. The third kappa shape index (κ3) is 64.0. The van der Waals surface area contributed by atoms with Crippen LogP contribution >= 0.6 is 0 Å². The van der Waals surface area contributed by atoms with Crippen LogP contribution in [0.1, 0.15) is 6.92 Å². The van der Waals surface area contributed by atoms with Gasteiger partial charge in [0.25, 0.3) is 5.97 Å². The zero-order valence-corrected chi connectivity index (χ0v) is 11.9. The monoisotopic (exact) mass is 394 g/mol. The van der Waals surface area contributed by atoms with Gasteiger partial charge in [0.2, 0.25) is 0 Å². The second kappa shape index (κ2) is 9.50. The van der Waals surface area contributed by atoms with E-state index in [0.29, 0.717) is 0 Å². The molecule has 0 aliphatic heterocycles. The van der Waals surface area contributed by atoms with Gasteiger partial charge in [0.05, 0.1) is 0 Å². The van der Waals surface area contributed by atoms with Gasteiger partial charge in [-0.15, -0.1) is 0 Å². The normalized spacial score (nSPS) is 4.17. The summed E-state index contributed by atoms with van der Waals surface area (Å²) in [6.07, 6.45) is 0. The third-order valence-corrected chi connectivity index (χ3v) is 0. The second-order valence-electron chi connectivity index (χ2n) is 0.519. The van der Waals surface area contributed by atoms with Gasteiger partial charge in [0.1, 0.15) is 0 Å². The molecular weight excluding hydrogens is 384 g/mol. The Kier molecular flexibility index (Phi) is 24.8. The molecule has 0 spiro atoms. The maximum absolute atomic E-state index is 9.00. The first-order valence-electron chi connectivity index (χ1n) is 0.928. The van der Waals surface area contributed by atoms with Gasteiger partial charge in [0.15, 0.2) is 0 Å². The van der Waals surface area contributed by atoms with E-state index in [1.54, 1.807) is 0 Å². The van der Waals surface area contributed by atoms with Crippen LogP contribution in [-0.2, 0) is 32.5 Å². The molecule has 0 aromatic carbocycles. The Balaban J connectivity index is -0.0000000450. The predicted molar refractivity (Wildman–Crippen MR) is 21.9 cm³/mol. The van der Waals surface area contributed by atoms with Crippen molar-refractivity contribution < 1.29 is 37.6 Å². The molecule has 0 aliphatic rings. The molecule has 0 bridgehead atoms. The Labute approximate surface area is 73.5 Å². The average Bonchev–Trinajstić information content (AvgIpc) is 0.811. The van der Waals surface area contributed by atoms with Crippen LogP contribution in [-0.4, -0.2) is 34.7 Å². The van der Waals surface area contributed by atoms with Gasteiger partial charge in [-0.1, -0.05) is 0 Å². The van der Waals surface area contributed by atoms with Crippen molar-refractivity contribution in [3.8, 4) is 0 Å². The summed E-state index contributed by atoms with van der Waals surface area (Å²) in [5.41, 5.74) is 0. The van der Waals surface area contributed by atoms with E-state index in [1.165, 1.54) is 0 Å². The Bertz CT molecular complexity index is 34.5. The fraction of sp³-hybridized carbons (Fsp3) is 0.500. The summed E-state index contributed by atoms with van der Waals surface area (Å²) >= 11 is 0. The summed E-state index contributed by atoms with van der Waals surface area (Å²) in [5, 5.41) is 7.42. The molecule has 0 saturated carbocycles. The summed E-state index contributed by atoms with van der Waals surface area (Å²) < 4.78 is 0. The first-order chi connectivity index (χ1) is 1.73. The van der Waals surface area contributed by atoms with Gasteiger partial charge in [-0.05, 0) is 0 Å². The fourth-order valence-corrected chi connectivity index (χ4v) is 0. The third-order valence-electron chi connectivity index (χ3n) is 0. The number of hydrogen-bond acceptors (Lipinski definition) is 1. The molecule has 2 nitrogen and oxygen atoms in total. The molecule has 6 heavy (non-hydrogen) atoms. The van der Waals surface area contributed by atoms with Gasteiger partial charge >= 0.3 is 23.7 Å². The van der Waals surface area contributed by atoms with Gasteiger partial charge < -0.3 is 5.11 Å². The zero-order valence-electron chi connectivity index (χ0n) is 3.56. The fourth-order valence-electron chi connectivity index (χ4n) is 0. The van der Waals surface area contributed by atoms with E-state index in [1.807, 2.05) is 0 Å². The summed E-state index contributed by atoms with van der Waals surface area (Å²) in [6, 6.07) is 0. The van der Waals surface area contributed by atoms with E-state index in [9.17, 15) is 0 Å². The molecule has 0 fully saturated rings. The number of carboxylic acids is 1. The zero-order chi connectivity index (χ0) is 3.58. The molecule has 0 atom stereocenters. The van der Waals surface area contributed by atoms with Crippen molar-refractivity contribution in [3.63, 3.8) is 0 Å². The maximum atomic E-state index is 9.00. The Morgan fingerprint density at radius 3 is 1.67 bits per heavy atom. The molecule has 0 radical (unpaired) electrons. The molecule has 0 aromatic rings. The van der Waals surface area contributed by atoms with Crippen molar-refractivity contribution >= 4 is 29.6 Å². The van der Waals surface area contributed by atoms with Crippen LogP contribution in [0.25, 0.3) is 0 Å². The van der Waals surface area contributed by atoms with Crippen molar-refractivity contribution in [1.82, 2.24) is 0 Å². The first kappa shape index (κ1) is 15.7. The number of rotatable bonds is 0. The van der Waals surface area contributed by atoms with Crippen molar-refractivity contribution in [1.29, 1.82) is 0 Å². The van der Waals surface area contributed by atoms with E-state index in [-0.39, 0.29) is 51.3 Å². The number of aliphatic carboxylic acids is 1. The summed E-state index contributed by atoms with van der Waals surface area (Å²) in [7, 11) is 0. The van der Waals surface area contributed by atoms with Crippen molar-refractivity contribution in [2.45, 2.75) is 6.92 Å². The number of carbonyl (C=O) groups is 1. The predicted octanol–water partition coefficient (Wildman–Crippen LogP) is -0.828. The van der Waals surface area contributed by atoms with Crippen LogP contribution in [0.15, 0.2) is 0 Å². The van der Waals surface area contributed by atoms with E-state index in [0.717, 1.165) is 6.92 Å².